The number of benzene rings is 2. The molecule has 1 aliphatic rings. The molecule has 1 heterocycles. The molecule has 2 atom stereocenters. The Kier molecular flexibility index (Phi) is 7.39. The minimum atomic E-state index is -0.169. The van der Waals surface area contributed by atoms with Gasteiger partial charge in [0.2, 0.25) is 0 Å². The summed E-state index contributed by atoms with van der Waals surface area (Å²) in [6, 6.07) is 16.2. The number of likely N-dealkylation sites (tertiary alicyclic amines) is 1. The van der Waals surface area contributed by atoms with E-state index in [-0.39, 0.29) is 30.3 Å². The molecule has 3 N–H and O–H groups in total. The fourth-order valence-electron chi connectivity index (χ4n) is 3.40. The van der Waals surface area contributed by atoms with Gasteiger partial charge in [-0.05, 0) is 55.2 Å². The molecular formula is C21H26ClN3O2. The van der Waals surface area contributed by atoms with Gasteiger partial charge in [-0.2, -0.15) is 0 Å². The Labute approximate surface area is 166 Å². The molecule has 27 heavy (non-hydrogen) atoms. The number of carbonyl (C=O) groups excluding carboxylic acids is 2. The van der Waals surface area contributed by atoms with E-state index in [1.54, 1.807) is 36.4 Å². The van der Waals surface area contributed by atoms with Gasteiger partial charge in [0.25, 0.3) is 11.8 Å². The van der Waals surface area contributed by atoms with Crippen LogP contribution < -0.4 is 11.1 Å². The highest BCUT2D eigenvalue weighted by molar-refractivity contribution is 6.04. The Hall–Kier alpha value is -2.37. The Balaban J connectivity index is 0.00000261. The lowest BCUT2D eigenvalue weighted by Gasteiger charge is -2.38. The molecule has 0 aliphatic carbocycles. The molecule has 2 unspecified atom stereocenters. The van der Waals surface area contributed by atoms with Gasteiger partial charge in [-0.15, -0.1) is 12.4 Å². The van der Waals surface area contributed by atoms with Crippen molar-refractivity contribution in [2.75, 3.05) is 18.4 Å². The number of nitrogens with one attached hydrogen (secondary N) is 1. The molecule has 0 bridgehead atoms. The molecule has 0 saturated carbocycles. The van der Waals surface area contributed by atoms with E-state index < -0.39 is 0 Å². The maximum absolute atomic E-state index is 12.8. The molecule has 6 heteroatoms. The largest absolute Gasteiger partial charge is 0.334 e. The highest BCUT2D eigenvalue weighted by atomic mass is 35.5. The summed E-state index contributed by atoms with van der Waals surface area (Å²) >= 11 is 0. The lowest BCUT2D eigenvalue weighted by atomic mass is 9.92. The lowest BCUT2D eigenvalue weighted by Crippen LogP contribution is -2.49. The van der Waals surface area contributed by atoms with Crippen LogP contribution in [0.1, 0.15) is 40.5 Å². The third-order valence-electron chi connectivity index (χ3n) is 4.94. The molecule has 144 valence electrons. The van der Waals surface area contributed by atoms with Crippen LogP contribution in [0, 0.1) is 5.92 Å². The second-order valence-electron chi connectivity index (χ2n) is 6.92. The molecule has 5 nitrogen and oxygen atoms in total. The smallest absolute Gasteiger partial charge is 0.255 e. The van der Waals surface area contributed by atoms with Crippen LogP contribution in [0.15, 0.2) is 54.6 Å². The summed E-state index contributed by atoms with van der Waals surface area (Å²) in [6.07, 6.45) is 1.96. The van der Waals surface area contributed by atoms with Crippen LogP contribution in [0.2, 0.25) is 0 Å². The zero-order valence-corrected chi connectivity index (χ0v) is 16.2. The van der Waals surface area contributed by atoms with Gasteiger partial charge in [-0.3, -0.25) is 9.59 Å². The van der Waals surface area contributed by atoms with Gasteiger partial charge < -0.3 is 16.0 Å². The number of piperidine rings is 1. The second-order valence-corrected chi connectivity index (χ2v) is 6.92. The molecule has 1 saturated heterocycles. The van der Waals surface area contributed by atoms with Gasteiger partial charge in [0.1, 0.15) is 0 Å². The van der Waals surface area contributed by atoms with E-state index in [1.807, 2.05) is 23.1 Å². The van der Waals surface area contributed by atoms with Crippen LogP contribution in [0.5, 0.6) is 0 Å². The Morgan fingerprint density at radius 1 is 1.07 bits per heavy atom. The van der Waals surface area contributed by atoms with Crippen molar-refractivity contribution >= 4 is 29.9 Å². The molecule has 0 radical (unpaired) electrons. The predicted molar refractivity (Wildman–Crippen MR) is 110 cm³/mol. The summed E-state index contributed by atoms with van der Waals surface area (Å²) in [7, 11) is 0. The van der Waals surface area contributed by atoms with Crippen LogP contribution in [0.25, 0.3) is 0 Å². The van der Waals surface area contributed by atoms with E-state index in [0.717, 1.165) is 19.4 Å². The number of hydrogen-bond acceptors (Lipinski definition) is 3. The van der Waals surface area contributed by atoms with Gasteiger partial charge in [-0.1, -0.05) is 25.1 Å². The fraction of sp³-hybridized carbons (Fsp3) is 0.333. The Morgan fingerprint density at radius 2 is 1.74 bits per heavy atom. The molecule has 0 spiro atoms. The lowest BCUT2D eigenvalue weighted by molar-refractivity contribution is 0.0573. The van der Waals surface area contributed by atoms with Crippen molar-refractivity contribution in [1.29, 1.82) is 0 Å². The van der Waals surface area contributed by atoms with Crippen molar-refractivity contribution in [3.8, 4) is 0 Å². The molecule has 2 aromatic rings. The topological polar surface area (TPSA) is 75.4 Å². The number of amides is 2. The number of nitrogens with zero attached hydrogens (tertiary/aromatic N) is 1. The molecule has 3 rings (SSSR count). The maximum atomic E-state index is 12.8. The van der Waals surface area contributed by atoms with E-state index in [4.69, 9.17) is 5.73 Å². The Bertz CT molecular complexity index is 765. The number of halogens is 1. The van der Waals surface area contributed by atoms with E-state index in [9.17, 15) is 9.59 Å². The molecule has 2 amide bonds. The standard InChI is InChI=1S/C21H25N3O2.ClH/c1-15-11-12-24(19(13-15)14-22)21(26)17-7-9-18(10-8-17)23-20(25)16-5-3-2-4-6-16;/h2-10,15,19H,11-14,22H2,1H3,(H,23,25);1H. The first-order chi connectivity index (χ1) is 12.6. The first-order valence-electron chi connectivity index (χ1n) is 9.06. The first kappa shape index (κ1) is 20.9. The quantitative estimate of drug-likeness (QED) is 0.842. The summed E-state index contributed by atoms with van der Waals surface area (Å²) < 4.78 is 0. The van der Waals surface area contributed by atoms with Crippen LogP contribution >= 0.6 is 12.4 Å². The summed E-state index contributed by atoms with van der Waals surface area (Å²) in [5.74, 6) is 0.439. The van der Waals surface area contributed by atoms with Crippen molar-refractivity contribution in [3.63, 3.8) is 0 Å². The van der Waals surface area contributed by atoms with Crippen LogP contribution in [-0.4, -0.2) is 35.8 Å². The van der Waals surface area contributed by atoms with E-state index in [2.05, 4.69) is 12.2 Å². The normalized spacial score (nSPS) is 19.1. The predicted octanol–water partition coefficient (Wildman–Crippen LogP) is 3.56. The van der Waals surface area contributed by atoms with Crippen LogP contribution in [0.3, 0.4) is 0 Å². The number of rotatable bonds is 4. The van der Waals surface area contributed by atoms with Crippen molar-refractivity contribution in [1.82, 2.24) is 4.90 Å². The molecule has 1 aliphatic heterocycles. The van der Waals surface area contributed by atoms with Crippen molar-refractivity contribution < 1.29 is 9.59 Å². The second kappa shape index (κ2) is 9.53. The first-order valence-corrected chi connectivity index (χ1v) is 9.06. The number of hydrogen-bond donors (Lipinski definition) is 2. The maximum Gasteiger partial charge on any atom is 0.255 e. The molecular weight excluding hydrogens is 362 g/mol. The molecule has 2 aromatic carbocycles. The van der Waals surface area contributed by atoms with Crippen LogP contribution in [-0.2, 0) is 0 Å². The van der Waals surface area contributed by atoms with Gasteiger partial charge in [0.15, 0.2) is 0 Å². The van der Waals surface area contributed by atoms with Crippen molar-refractivity contribution in [3.05, 3.63) is 65.7 Å². The van der Waals surface area contributed by atoms with E-state index >= 15 is 0 Å². The van der Waals surface area contributed by atoms with Gasteiger partial charge in [0, 0.05) is 35.9 Å². The summed E-state index contributed by atoms with van der Waals surface area (Å²) in [5.41, 5.74) is 7.75. The average molecular weight is 388 g/mol. The van der Waals surface area contributed by atoms with Crippen LogP contribution in [0.4, 0.5) is 5.69 Å². The molecule has 0 aromatic heterocycles. The monoisotopic (exact) mass is 387 g/mol. The number of carbonyl (C=O) groups is 2. The van der Waals surface area contributed by atoms with E-state index in [1.165, 1.54) is 0 Å². The van der Waals surface area contributed by atoms with Crippen molar-refractivity contribution in [2.45, 2.75) is 25.8 Å². The van der Waals surface area contributed by atoms with Crippen molar-refractivity contribution in [2.24, 2.45) is 11.7 Å². The van der Waals surface area contributed by atoms with Gasteiger partial charge >= 0.3 is 0 Å². The van der Waals surface area contributed by atoms with Gasteiger partial charge in [-0.25, -0.2) is 0 Å². The molecule has 1 fully saturated rings. The highest BCUT2D eigenvalue weighted by Crippen LogP contribution is 2.24. The SMILES string of the molecule is CC1CCN(C(=O)c2ccc(NC(=O)c3ccccc3)cc2)C(CN)C1.Cl. The number of anilines is 1. The third kappa shape index (κ3) is 5.08. The summed E-state index contributed by atoms with van der Waals surface area (Å²) in [5, 5.41) is 2.85. The summed E-state index contributed by atoms with van der Waals surface area (Å²) in [4.78, 5) is 26.9. The Morgan fingerprint density at radius 3 is 2.37 bits per heavy atom. The highest BCUT2D eigenvalue weighted by Gasteiger charge is 2.29. The third-order valence-corrected chi connectivity index (χ3v) is 4.94. The zero-order valence-electron chi connectivity index (χ0n) is 15.4. The number of nitrogens with two attached hydrogens (primary N) is 1. The minimum absolute atomic E-state index is 0. The average Bonchev–Trinajstić information content (AvgIpc) is 2.68. The fourth-order valence-corrected chi connectivity index (χ4v) is 3.40. The van der Waals surface area contributed by atoms with Gasteiger partial charge in [0.05, 0.1) is 0 Å². The summed E-state index contributed by atoms with van der Waals surface area (Å²) in [6.45, 7) is 3.43. The van der Waals surface area contributed by atoms with E-state index in [0.29, 0.717) is 29.3 Å². The zero-order chi connectivity index (χ0) is 18.5. The minimum Gasteiger partial charge on any atom is -0.334 e.